The summed E-state index contributed by atoms with van der Waals surface area (Å²) >= 11 is 1.55. The van der Waals surface area contributed by atoms with Gasteiger partial charge in [0.2, 0.25) is 0 Å². The molecule has 1 aromatic heterocycles. The average Bonchev–Trinajstić information content (AvgIpc) is 3.06. The third kappa shape index (κ3) is 4.39. The maximum Gasteiger partial charge on any atom is 0.316 e. The van der Waals surface area contributed by atoms with E-state index in [0.717, 1.165) is 10.6 Å². The molecule has 0 aliphatic rings. The minimum Gasteiger partial charge on any atom is -0.468 e. The van der Waals surface area contributed by atoms with Crippen LogP contribution >= 0.6 is 11.8 Å². The van der Waals surface area contributed by atoms with E-state index in [1.54, 1.807) is 18.0 Å². The van der Waals surface area contributed by atoms with Crippen molar-refractivity contribution < 1.29 is 14.6 Å². The molecule has 0 aliphatic heterocycles. The number of aromatic amines is 1. The van der Waals surface area contributed by atoms with Gasteiger partial charge in [-0.3, -0.25) is 4.79 Å². The van der Waals surface area contributed by atoms with Crippen molar-refractivity contribution in [2.75, 3.05) is 13.4 Å². The van der Waals surface area contributed by atoms with Gasteiger partial charge in [0, 0.05) is 11.8 Å². The summed E-state index contributed by atoms with van der Waals surface area (Å²) in [6, 6.07) is 11.0. The normalized spacial score (nSPS) is 12.8. The number of benzene rings is 1. The maximum atomic E-state index is 12.0. The zero-order valence-corrected chi connectivity index (χ0v) is 14.2. The van der Waals surface area contributed by atoms with E-state index in [-0.39, 0.29) is 0 Å². The van der Waals surface area contributed by atoms with E-state index < -0.39 is 18.0 Å². The van der Waals surface area contributed by atoms with Gasteiger partial charge in [-0.15, -0.1) is 11.8 Å². The van der Waals surface area contributed by atoms with Crippen molar-refractivity contribution in [2.24, 2.45) is 0 Å². The smallest absolute Gasteiger partial charge is 0.316 e. The summed E-state index contributed by atoms with van der Waals surface area (Å²) in [5.74, 6) is -1.18. The molecule has 0 saturated heterocycles. The average molecular weight is 321 g/mol. The Kier molecular flexibility index (Phi) is 7.77. The first kappa shape index (κ1) is 18.3. The van der Waals surface area contributed by atoms with Crippen molar-refractivity contribution in [3.8, 4) is 0 Å². The molecule has 0 fully saturated rings. The van der Waals surface area contributed by atoms with Crippen LogP contribution in [0.5, 0.6) is 0 Å². The standard InChI is InChI=1S/C15H17NO3S.C2H6/c1-19-15(18)13(10-6-4-3-5-7-10)14(17)11-8-12(20-2)16-9-11;1-2/h3-9,13-14,16-17H,1-2H3;1-2H3. The number of carbonyl (C=O) groups is 1. The minimum atomic E-state index is -0.943. The lowest BCUT2D eigenvalue weighted by Crippen LogP contribution is -2.21. The van der Waals surface area contributed by atoms with Crippen LogP contribution < -0.4 is 0 Å². The fourth-order valence-electron chi connectivity index (χ4n) is 2.10. The van der Waals surface area contributed by atoms with Crippen LogP contribution in [0.3, 0.4) is 0 Å². The van der Waals surface area contributed by atoms with Crippen molar-refractivity contribution in [2.45, 2.75) is 30.9 Å². The van der Waals surface area contributed by atoms with E-state index >= 15 is 0 Å². The molecular weight excluding hydrogens is 298 g/mol. The van der Waals surface area contributed by atoms with Crippen LogP contribution in [0.15, 0.2) is 47.6 Å². The number of methoxy groups -OCH3 is 1. The lowest BCUT2D eigenvalue weighted by Gasteiger charge is -2.20. The fraction of sp³-hybridized carbons (Fsp3) is 0.353. The summed E-state index contributed by atoms with van der Waals surface area (Å²) in [5.41, 5.74) is 1.41. The van der Waals surface area contributed by atoms with E-state index in [0.29, 0.717) is 5.56 Å². The van der Waals surface area contributed by atoms with Gasteiger partial charge < -0.3 is 14.8 Å². The molecule has 22 heavy (non-hydrogen) atoms. The number of aliphatic hydroxyl groups excluding tert-OH is 1. The highest BCUT2D eigenvalue weighted by molar-refractivity contribution is 7.98. The number of hydrogen-bond donors (Lipinski definition) is 2. The van der Waals surface area contributed by atoms with E-state index in [4.69, 9.17) is 4.74 Å². The Labute approximate surface area is 135 Å². The highest BCUT2D eigenvalue weighted by Gasteiger charge is 2.31. The number of rotatable bonds is 5. The fourth-order valence-corrected chi connectivity index (χ4v) is 2.54. The van der Waals surface area contributed by atoms with Crippen LogP contribution in [0.25, 0.3) is 0 Å². The second kappa shape index (κ2) is 9.33. The number of carbonyl (C=O) groups excluding carboxylic acids is 1. The van der Waals surface area contributed by atoms with Crippen molar-refractivity contribution in [3.05, 3.63) is 53.7 Å². The van der Waals surface area contributed by atoms with Gasteiger partial charge in [-0.05, 0) is 17.9 Å². The van der Waals surface area contributed by atoms with Crippen LogP contribution in [-0.2, 0) is 9.53 Å². The van der Waals surface area contributed by atoms with Crippen molar-refractivity contribution in [1.82, 2.24) is 4.98 Å². The number of thioether (sulfide) groups is 1. The van der Waals surface area contributed by atoms with E-state index in [9.17, 15) is 9.90 Å². The van der Waals surface area contributed by atoms with Gasteiger partial charge in [0.25, 0.3) is 0 Å². The number of hydrogen-bond acceptors (Lipinski definition) is 4. The van der Waals surface area contributed by atoms with Gasteiger partial charge in [-0.25, -0.2) is 0 Å². The van der Waals surface area contributed by atoms with Gasteiger partial charge in [0.05, 0.1) is 18.2 Å². The molecule has 0 aliphatic carbocycles. The Bertz CT molecular complexity index is 568. The number of aromatic nitrogens is 1. The van der Waals surface area contributed by atoms with Gasteiger partial charge >= 0.3 is 5.97 Å². The zero-order chi connectivity index (χ0) is 16.5. The number of aliphatic hydroxyl groups is 1. The quantitative estimate of drug-likeness (QED) is 0.650. The van der Waals surface area contributed by atoms with Gasteiger partial charge in [-0.2, -0.15) is 0 Å². The summed E-state index contributed by atoms with van der Waals surface area (Å²) in [7, 11) is 1.33. The predicted molar refractivity (Wildman–Crippen MR) is 90.1 cm³/mol. The van der Waals surface area contributed by atoms with Crippen molar-refractivity contribution in [1.29, 1.82) is 0 Å². The molecule has 2 atom stereocenters. The number of esters is 1. The first-order valence-electron chi connectivity index (χ1n) is 7.20. The molecule has 120 valence electrons. The third-order valence-corrected chi connectivity index (χ3v) is 3.85. The maximum absolute atomic E-state index is 12.0. The Balaban J connectivity index is 0.00000116. The zero-order valence-electron chi connectivity index (χ0n) is 13.4. The Morgan fingerprint density at radius 1 is 1.23 bits per heavy atom. The largest absolute Gasteiger partial charge is 0.468 e. The molecule has 2 unspecified atom stereocenters. The second-order valence-electron chi connectivity index (χ2n) is 4.36. The number of H-pyrrole nitrogens is 1. The molecule has 0 amide bonds. The third-order valence-electron chi connectivity index (χ3n) is 3.17. The van der Waals surface area contributed by atoms with Crippen LogP contribution in [0.4, 0.5) is 0 Å². The van der Waals surface area contributed by atoms with Crippen molar-refractivity contribution >= 4 is 17.7 Å². The molecule has 0 bridgehead atoms. The van der Waals surface area contributed by atoms with E-state index in [1.165, 1.54) is 7.11 Å². The van der Waals surface area contributed by atoms with Crippen LogP contribution in [0, 0.1) is 0 Å². The summed E-state index contributed by atoms with van der Waals surface area (Å²) < 4.78 is 4.83. The topological polar surface area (TPSA) is 62.3 Å². The molecule has 2 aromatic rings. The van der Waals surface area contributed by atoms with Crippen LogP contribution in [-0.4, -0.2) is 29.4 Å². The minimum absolute atomic E-state index is 0.449. The monoisotopic (exact) mass is 321 g/mol. The summed E-state index contributed by atoms with van der Waals surface area (Å²) in [6.07, 6.45) is 2.72. The molecule has 2 rings (SSSR count). The second-order valence-corrected chi connectivity index (χ2v) is 5.21. The molecule has 2 N–H and O–H groups in total. The Morgan fingerprint density at radius 3 is 2.36 bits per heavy atom. The lowest BCUT2D eigenvalue weighted by molar-refractivity contribution is -0.145. The molecule has 5 heteroatoms. The molecule has 0 radical (unpaired) electrons. The number of ether oxygens (including phenoxy) is 1. The summed E-state index contributed by atoms with van der Waals surface area (Å²) in [5, 5.41) is 11.5. The van der Waals surface area contributed by atoms with Gasteiger partial charge in [0.15, 0.2) is 0 Å². The highest BCUT2D eigenvalue weighted by atomic mass is 32.2. The molecule has 0 saturated carbocycles. The molecule has 4 nitrogen and oxygen atoms in total. The van der Waals surface area contributed by atoms with Crippen LogP contribution in [0.2, 0.25) is 0 Å². The highest BCUT2D eigenvalue weighted by Crippen LogP contribution is 2.33. The van der Waals surface area contributed by atoms with Gasteiger partial charge in [0.1, 0.15) is 5.92 Å². The molecular formula is C17H23NO3S. The Hall–Kier alpha value is -1.72. The lowest BCUT2D eigenvalue weighted by atomic mass is 9.90. The molecule has 1 aromatic carbocycles. The SMILES string of the molecule is CC.COC(=O)C(c1ccccc1)C(O)c1c[nH]c(SC)c1. The Morgan fingerprint density at radius 2 is 1.86 bits per heavy atom. The van der Waals surface area contributed by atoms with Gasteiger partial charge in [-0.1, -0.05) is 44.2 Å². The summed E-state index contributed by atoms with van der Waals surface area (Å²) in [4.78, 5) is 15.1. The first-order valence-corrected chi connectivity index (χ1v) is 8.43. The van der Waals surface area contributed by atoms with Crippen LogP contribution in [0.1, 0.15) is 37.0 Å². The summed E-state index contributed by atoms with van der Waals surface area (Å²) in [6.45, 7) is 4.00. The molecule has 1 heterocycles. The van der Waals surface area contributed by atoms with Crippen molar-refractivity contribution in [3.63, 3.8) is 0 Å². The predicted octanol–water partition coefficient (Wildman–Crippen LogP) is 3.75. The van der Waals surface area contributed by atoms with E-state index in [2.05, 4.69) is 4.98 Å². The van der Waals surface area contributed by atoms with E-state index in [1.807, 2.05) is 56.5 Å². The number of nitrogens with one attached hydrogen (secondary N) is 1. The molecule has 0 spiro atoms. The first-order chi connectivity index (χ1) is 10.7.